The van der Waals surface area contributed by atoms with Crippen LogP contribution in [-0.2, 0) is 26.1 Å². The maximum atomic E-state index is 10.4. The average Bonchev–Trinajstić information content (AvgIpc) is 2.21. The first-order valence-electron chi connectivity index (χ1n) is 3.59. The molecular weight excluding hydrogens is 287 g/mol. The van der Waals surface area contributed by atoms with Gasteiger partial charge in [-0.15, -0.1) is 0 Å². The monoisotopic (exact) mass is 296 g/mol. The van der Waals surface area contributed by atoms with Crippen LogP contribution < -0.4 is 3.54 Å². The molecule has 71 valence electrons. The Labute approximate surface area is 96.7 Å². The van der Waals surface area contributed by atoms with E-state index in [1.165, 1.54) is 18.2 Å². The quantitative estimate of drug-likeness (QED) is 0.689. The number of rotatable bonds is 2. The molecule has 0 unspecified atom stereocenters. The number of carbonyl (C=O) groups is 2. The van der Waals surface area contributed by atoms with Crippen LogP contribution in [-0.4, -0.2) is 22.2 Å². The molecule has 0 saturated carbocycles. The zero-order valence-electron chi connectivity index (χ0n) is 7.30. The molecule has 0 saturated heterocycles. The van der Waals surface area contributed by atoms with E-state index in [2.05, 4.69) is 3.54 Å². The van der Waals surface area contributed by atoms with Crippen LogP contribution in [0.3, 0.4) is 0 Å². The zero-order chi connectivity index (χ0) is 11.1. The van der Waals surface area contributed by atoms with Crippen LogP contribution >= 0.6 is 0 Å². The van der Waals surface area contributed by atoms with E-state index in [0.29, 0.717) is 26.1 Å². The summed E-state index contributed by atoms with van der Waals surface area (Å²) in [5.74, 6) is -2.25. The maximum absolute atomic E-state index is 10.4. The average molecular weight is 295 g/mol. The van der Waals surface area contributed by atoms with Gasteiger partial charge >= 0.3 is 41.5 Å². The first kappa shape index (κ1) is 13.0. The van der Waals surface area contributed by atoms with Crippen molar-refractivity contribution in [3.63, 3.8) is 0 Å². The molecule has 0 atom stereocenters. The number of carboxylic acid groups (broad SMARTS) is 2. The Bertz CT molecular complexity index is 311. The molecule has 6 heteroatoms. The molecule has 0 aromatic heterocycles. The van der Waals surface area contributed by atoms with Crippen molar-refractivity contribution in [3.05, 3.63) is 35.4 Å². The van der Waals surface area contributed by atoms with Crippen LogP contribution in [0.25, 0.3) is 0 Å². The third-order valence-electron chi connectivity index (χ3n) is 1.36. The molecular formula is C8H8CdNO4. The molecule has 0 aliphatic rings. The van der Waals surface area contributed by atoms with Crippen molar-refractivity contribution >= 4 is 11.9 Å². The molecule has 0 spiro atoms. The Hall–Kier alpha value is -0.958. The van der Waals surface area contributed by atoms with E-state index < -0.39 is 11.9 Å². The zero-order valence-corrected chi connectivity index (χ0v) is 11.3. The predicted octanol–water partition coefficient (Wildman–Crippen LogP) is 0.490. The van der Waals surface area contributed by atoms with E-state index >= 15 is 0 Å². The predicted molar refractivity (Wildman–Crippen MR) is 44.5 cm³/mol. The van der Waals surface area contributed by atoms with Crippen LogP contribution in [0.2, 0.25) is 0 Å². The Morgan fingerprint density at radius 1 is 1.07 bits per heavy atom. The summed E-state index contributed by atoms with van der Waals surface area (Å²) in [5.41, 5.74) is -0.0372. The summed E-state index contributed by atoms with van der Waals surface area (Å²) in [6.45, 7) is 0. The minimum atomic E-state index is -1.13. The van der Waals surface area contributed by atoms with E-state index in [0.717, 1.165) is 6.07 Å². The van der Waals surface area contributed by atoms with E-state index in [-0.39, 0.29) is 11.1 Å². The van der Waals surface area contributed by atoms with Gasteiger partial charge in [0.15, 0.2) is 0 Å². The second-order valence-corrected chi connectivity index (χ2v) is 2.19. The van der Waals surface area contributed by atoms with Crippen LogP contribution in [0, 0.1) is 0 Å². The Balaban J connectivity index is 0.000000791. The molecule has 1 aromatic rings. The first-order chi connectivity index (χ1) is 6.61. The Kier molecular flexibility index (Phi) is 6.05. The van der Waals surface area contributed by atoms with Gasteiger partial charge in [0.2, 0.25) is 0 Å². The van der Waals surface area contributed by atoms with Gasteiger partial charge in [-0.2, -0.15) is 0 Å². The summed E-state index contributed by atoms with van der Waals surface area (Å²) >= 11 is 0.650. The summed E-state index contributed by atoms with van der Waals surface area (Å²) in [4.78, 5) is 20.8. The molecule has 5 nitrogen and oxygen atoms in total. The summed E-state index contributed by atoms with van der Waals surface area (Å²) in [7, 11) is 0. The normalized spacial score (nSPS) is 8.50. The molecule has 14 heavy (non-hydrogen) atoms. The molecule has 0 aliphatic heterocycles. The van der Waals surface area contributed by atoms with Crippen LogP contribution in [0.15, 0.2) is 24.3 Å². The standard InChI is InChI=1S/C8H6O4.Cd.H2N/c9-7(10)5-2-1-3-6(4-5)8(11)12;;/h1-4H,(H,9,10)(H,11,12);;1H2/q;+1;-1. The number of aromatic carboxylic acids is 2. The van der Waals surface area contributed by atoms with Gasteiger partial charge < -0.3 is 10.2 Å². The van der Waals surface area contributed by atoms with Gasteiger partial charge in [-0.1, -0.05) is 6.07 Å². The number of hydrogen-bond acceptors (Lipinski definition) is 3. The summed E-state index contributed by atoms with van der Waals surface area (Å²) in [5, 5.41) is 17.0. The van der Waals surface area contributed by atoms with Crippen LogP contribution in [0.4, 0.5) is 0 Å². The van der Waals surface area contributed by atoms with Gasteiger partial charge in [-0.25, -0.2) is 9.59 Å². The van der Waals surface area contributed by atoms with Crippen molar-refractivity contribution < 1.29 is 45.9 Å². The molecule has 0 aliphatic carbocycles. The molecule has 0 amide bonds. The van der Waals surface area contributed by atoms with Crippen molar-refractivity contribution in [3.8, 4) is 0 Å². The van der Waals surface area contributed by atoms with Crippen molar-refractivity contribution in [2.24, 2.45) is 3.54 Å². The van der Waals surface area contributed by atoms with Gasteiger partial charge in [0.25, 0.3) is 0 Å². The summed E-state index contributed by atoms with van der Waals surface area (Å²) in [6, 6.07) is 5.20. The molecule has 0 fully saturated rings. The van der Waals surface area contributed by atoms with Crippen molar-refractivity contribution in [2.75, 3.05) is 0 Å². The van der Waals surface area contributed by atoms with Gasteiger partial charge in [0, 0.05) is 0 Å². The van der Waals surface area contributed by atoms with E-state index in [1.54, 1.807) is 0 Å². The molecule has 1 rings (SSSR count). The van der Waals surface area contributed by atoms with E-state index in [4.69, 9.17) is 10.2 Å². The number of nitrogens with two attached hydrogens (primary N) is 1. The van der Waals surface area contributed by atoms with Gasteiger partial charge in [-0.3, -0.25) is 0 Å². The fraction of sp³-hybridized carbons (Fsp3) is 0. The Morgan fingerprint density at radius 2 is 1.43 bits per heavy atom. The minimum absolute atomic E-state index is 0.0186. The van der Waals surface area contributed by atoms with Crippen LogP contribution in [0.5, 0.6) is 0 Å². The molecule has 1 aromatic carbocycles. The van der Waals surface area contributed by atoms with Crippen molar-refractivity contribution in [1.82, 2.24) is 0 Å². The third kappa shape index (κ3) is 3.83. The topological polar surface area (TPSA) is 101 Å². The van der Waals surface area contributed by atoms with Crippen LogP contribution in [0.1, 0.15) is 20.7 Å². The molecule has 0 heterocycles. The van der Waals surface area contributed by atoms with E-state index in [1.807, 2.05) is 0 Å². The number of hydrogen-bond donors (Lipinski definition) is 3. The summed E-state index contributed by atoms with van der Waals surface area (Å²) in [6.07, 6.45) is 0. The second-order valence-electron chi connectivity index (χ2n) is 2.19. The SMILES string of the molecule is O=C(O)c1cccc(C(=O)O)c1.[NH2][Cd]. The summed E-state index contributed by atoms with van der Waals surface area (Å²) < 4.78 is 4.67. The second kappa shape index (κ2) is 6.49. The van der Waals surface area contributed by atoms with E-state index in [9.17, 15) is 9.59 Å². The van der Waals surface area contributed by atoms with Gasteiger partial charge in [0.1, 0.15) is 0 Å². The fourth-order valence-corrected chi connectivity index (χ4v) is 0.785. The first-order valence-corrected chi connectivity index (χ1v) is 5.92. The molecule has 4 N–H and O–H groups in total. The van der Waals surface area contributed by atoms with Gasteiger partial charge in [0.05, 0.1) is 11.1 Å². The molecule has 0 bridgehead atoms. The Morgan fingerprint density at radius 3 is 1.71 bits per heavy atom. The molecule has 0 radical (unpaired) electrons. The van der Waals surface area contributed by atoms with Gasteiger partial charge in [-0.05, 0) is 18.2 Å². The van der Waals surface area contributed by atoms with Crippen molar-refractivity contribution in [1.29, 1.82) is 0 Å². The fourth-order valence-electron chi connectivity index (χ4n) is 0.785. The van der Waals surface area contributed by atoms with Crippen molar-refractivity contribution in [2.45, 2.75) is 0 Å². The number of carboxylic acids is 2. The number of benzene rings is 1. The third-order valence-corrected chi connectivity index (χ3v) is 1.36.